The molecular formula is C25H45NO5. The van der Waals surface area contributed by atoms with E-state index in [1.54, 1.807) is 0 Å². The second kappa shape index (κ2) is 16.1. The minimum Gasteiger partial charge on any atom is -0.461 e. The number of carbonyl (C=O) groups is 3. The molecule has 6 heteroatoms. The van der Waals surface area contributed by atoms with E-state index in [0.717, 1.165) is 25.7 Å². The minimum atomic E-state index is -0.631. The fraction of sp³-hybridized carbons (Fsp3) is 0.880. The molecule has 1 N–H and O–H groups in total. The van der Waals surface area contributed by atoms with Gasteiger partial charge in [0.2, 0.25) is 6.41 Å². The van der Waals surface area contributed by atoms with E-state index in [0.29, 0.717) is 19.3 Å². The van der Waals surface area contributed by atoms with Crippen molar-refractivity contribution in [1.82, 2.24) is 5.32 Å². The summed E-state index contributed by atoms with van der Waals surface area (Å²) in [5.41, 5.74) is 0. The van der Waals surface area contributed by atoms with Crippen LogP contribution in [0.1, 0.15) is 111 Å². The van der Waals surface area contributed by atoms with Crippen molar-refractivity contribution in [2.75, 3.05) is 0 Å². The highest BCUT2D eigenvalue weighted by Crippen LogP contribution is 2.31. The minimum absolute atomic E-state index is 0.0936. The molecule has 0 radical (unpaired) electrons. The zero-order valence-electron chi connectivity index (χ0n) is 20.2. The molecule has 0 aliphatic carbocycles. The fourth-order valence-electron chi connectivity index (χ4n) is 4.24. The van der Waals surface area contributed by atoms with Gasteiger partial charge in [-0.15, -0.1) is 0 Å². The van der Waals surface area contributed by atoms with E-state index in [9.17, 15) is 14.4 Å². The molecule has 0 aromatic rings. The van der Waals surface area contributed by atoms with Gasteiger partial charge in [-0.1, -0.05) is 79.1 Å². The van der Waals surface area contributed by atoms with Gasteiger partial charge in [-0.2, -0.15) is 0 Å². The van der Waals surface area contributed by atoms with Gasteiger partial charge in [-0.05, 0) is 31.6 Å². The maximum Gasteiger partial charge on any atom is 0.328 e. The highest BCUT2D eigenvalue weighted by molar-refractivity contribution is 5.79. The van der Waals surface area contributed by atoms with Gasteiger partial charge in [0.1, 0.15) is 18.2 Å². The van der Waals surface area contributed by atoms with Crippen LogP contribution in [0.25, 0.3) is 0 Å². The number of esters is 2. The van der Waals surface area contributed by atoms with Gasteiger partial charge in [0, 0.05) is 6.42 Å². The van der Waals surface area contributed by atoms with Crippen LogP contribution in [0.2, 0.25) is 0 Å². The van der Waals surface area contributed by atoms with E-state index in [1.807, 2.05) is 20.8 Å². The monoisotopic (exact) mass is 439 g/mol. The normalized spacial score (nSPS) is 20.0. The van der Waals surface area contributed by atoms with Crippen LogP contribution in [0, 0.1) is 11.8 Å². The number of rotatable bonds is 19. The van der Waals surface area contributed by atoms with Crippen LogP contribution in [0.5, 0.6) is 0 Å². The molecule has 1 aliphatic rings. The van der Waals surface area contributed by atoms with Crippen molar-refractivity contribution in [1.29, 1.82) is 0 Å². The third-order valence-electron chi connectivity index (χ3n) is 6.13. The average Bonchev–Trinajstić information content (AvgIpc) is 2.71. The molecule has 1 rings (SSSR count). The Balaban J connectivity index is 2.50. The predicted octanol–water partition coefficient (Wildman–Crippen LogP) is 5.32. The van der Waals surface area contributed by atoms with Crippen molar-refractivity contribution in [3.05, 3.63) is 0 Å². The highest BCUT2D eigenvalue weighted by atomic mass is 16.6. The van der Waals surface area contributed by atoms with Gasteiger partial charge in [0.05, 0.1) is 5.92 Å². The van der Waals surface area contributed by atoms with E-state index in [4.69, 9.17) is 9.47 Å². The van der Waals surface area contributed by atoms with Gasteiger partial charge in [-0.25, -0.2) is 4.79 Å². The van der Waals surface area contributed by atoms with Gasteiger partial charge < -0.3 is 14.8 Å². The van der Waals surface area contributed by atoms with Crippen LogP contribution in [-0.4, -0.2) is 36.6 Å². The molecule has 1 saturated heterocycles. The molecule has 0 aromatic heterocycles. The molecule has 1 unspecified atom stereocenters. The Morgan fingerprint density at radius 1 is 1.06 bits per heavy atom. The second-order valence-electron chi connectivity index (χ2n) is 9.37. The van der Waals surface area contributed by atoms with Gasteiger partial charge in [0.15, 0.2) is 0 Å². The maximum atomic E-state index is 12.7. The van der Waals surface area contributed by atoms with Crippen molar-refractivity contribution in [2.24, 2.45) is 11.8 Å². The largest absolute Gasteiger partial charge is 0.461 e. The van der Waals surface area contributed by atoms with Crippen LogP contribution in [-0.2, 0) is 23.9 Å². The quantitative estimate of drug-likeness (QED) is 0.167. The Labute approximate surface area is 189 Å². The molecule has 31 heavy (non-hydrogen) atoms. The molecule has 0 spiro atoms. The summed E-state index contributed by atoms with van der Waals surface area (Å²) < 4.78 is 11.1. The molecule has 1 amide bonds. The highest BCUT2D eigenvalue weighted by Gasteiger charge is 2.42. The van der Waals surface area contributed by atoms with Gasteiger partial charge in [0.25, 0.3) is 0 Å². The molecule has 1 heterocycles. The number of hydrogen-bond acceptors (Lipinski definition) is 5. The smallest absolute Gasteiger partial charge is 0.328 e. The zero-order valence-corrected chi connectivity index (χ0v) is 20.2. The molecule has 1 aliphatic heterocycles. The number of nitrogens with one attached hydrogen (secondary N) is 1. The Bertz CT molecular complexity index is 522. The first kappa shape index (κ1) is 27.4. The number of ether oxygens (including phenoxy) is 2. The summed E-state index contributed by atoms with van der Waals surface area (Å²) >= 11 is 0. The van der Waals surface area contributed by atoms with Crippen molar-refractivity contribution in [3.63, 3.8) is 0 Å². The molecule has 0 saturated carbocycles. The maximum absolute atomic E-state index is 12.7. The summed E-state index contributed by atoms with van der Waals surface area (Å²) in [5.74, 6) is -0.372. The number of hydrogen-bond donors (Lipinski definition) is 1. The van der Waals surface area contributed by atoms with Crippen molar-refractivity contribution in [3.8, 4) is 0 Å². The Hall–Kier alpha value is -1.59. The SMILES string of the molecule is CCCCCCCCCCCC(C[C@@H]1OC(=O)[C@H]1CC)OC(=O)[C@H](CC(C)C)NC=O. The van der Waals surface area contributed by atoms with Gasteiger partial charge >= 0.3 is 11.9 Å². The first-order chi connectivity index (χ1) is 14.9. The molecule has 180 valence electrons. The van der Waals surface area contributed by atoms with E-state index >= 15 is 0 Å². The molecule has 4 atom stereocenters. The van der Waals surface area contributed by atoms with Crippen LogP contribution < -0.4 is 5.32 Å². The van der Waals surface area contributed by atoms with E-state index < -0.39 is 6.04 Å². The summed E-state index contributed by atoms with van der Waals surface area (Å²) in [4.78, 5) is 35.2. The standard InChI is InChI=1S/C25H45NO5/c1-5-7-8-9-10-11-12-13-14-15-20(17-23-21(6-2)24(28)31-23)30-25(29)22(26-18-27)16-19(3)4/h18-23H,5-17H2,1-4H3,(H,26,27)/t20?,21-,22-,23-/m0/s1. The molecule has 6 nitrogen and oxygen atoms in total. The lowest BCUT2D eigenvalue weighted by Gasteiger charge is -2.36. The summed E-state index contributed by atoms with van der Waals surface area (Å²) in [6.45, 7) is 8.22. The topological polar surface area (TPSA) is 81.7 Å². The van der Waals surface area contributed by atoms with Crippen molar-refractivity contribution >= 4 is 18.3 Å². The van der Waals surface area contributed by atoms with Crippen LogP contribution in [0.3, 0.4) is 0 Å². The van der Waals surface area contributed by atoms with Crippen LogP contribution >= 0.6 is 0 Å². The predicted molar refractivity (Wildman–Crippen MR) is 122 cm³/mol. The lowest BCUT2D eigenvalue weighted by atomic mass is 9.88. The fourth-order valence-corrected chi connectivity index (χ4v) is 4.24. The number of amides is 1. The first-order valence-electron chi connectivity index (χ1n) is 12.5. The molecule has 0 aromatic carbocycles. The average molecular weight is 440 g/mol. The molecule has 0 bridgehead atoms. The third-order valence-corrected chi connectivity index (χ3v) is 6.13. The van der Waals surface area contributed by atoms with E-state index in [-0.39, 0.29) is 36.0 Å². The lowest BCUT2D eigenvalue weighted by molar-refractivity contribution is -0.190. The van der Waals surface area contributed by atoms with Crippen LogP contribution in [0.4, 0.5) is 0 Å². The summed E-state index contributed by atoms with van der Waals surface area (Å²) in [7, 11) is 0. The Kier molecular flexibility index (Phi) is 14.3. The lowest BCUT2D eigenvalue weighted by Crippen LogP contribution is -2.47. The molecule has 1 fully saturated rings. The van der Waals surface area contributed by atoms with E-state index in [1.165, 1.54) is 44.9 Å². The Morgan fingerprint density at radius 2 is 1.68 bits per heavy atom. The third kappa shape index (κ3) is 11.0. The Morgan fingerprint density at radius 3 is 2.19 bits per heavy atom. The second-order valence-corrected chi connectivity index (χ2v) is 9.37. The van der Waals surface area contributed by atoms with E-state index in [2.05, 4.69) is 12.2 Å². The first-order valence-corrected chi connectivity index (χ1v) is 12.5. The van der Waals surface area contributed by atoms with Crippen molar-refractivity contribution < 1.29 is 23.9 Å². The zero-order chi connectivity index (χ0) is 23.1. The van der Waals surface area contributed by atoms with Gasteiger partial charge in [-0.3, -0.25) is 9.59 Å². The summed E-state index contributed by atoms with van der Waals surface area (Å²) in [5, 5.41) is 2.59. The van der Waals surface area contributed by atoms with Crippen LogP contribution in [0.15, 0.2) is 0 Å². The number of unbranched alkanes of at least 4 members (excludes halogenated alkanes) is 8. The molecular weight excluding hydrogens is 394 g/mol. The summed E-state index contributed by atoms with van der Waals surface area (Å²) in [6.07, 6.45) is 13.8. The number of cyclic esters (lactones) is 1. The van der Waals surface area contributed by atoms with Crippen molar-refractivity contribution in [2.45, 2.75) is 129 Å². The summed E-state index contributed by atoms with van der Waals surface area (Å²) in [6, 6.07) is -0.631. The number of carbonyl (C=O) groups excluding carboxylic acids is 3.